The number of halogens is 4. The fourth-order valence-corrected chi connectivity index (χ4v) is 3.65. The molecule has 0 saturated carbocycles. The van der Waals surface area contributed by atoms with E-state index in [-0.39, 0.29) is 17.4 Å². The van der Waals surface area contributed by atoms with Crippen LogP contribution in [0.2, 0.25) is 4.34 Å². The average Bonchev–Trinajstić information content (AvgIpc) is 3.06. The molecule has 3 aromatic rings. The van der Waals surface area contributed by atoms with Crippen molar-refractivity contribution < 1.29 is 8.78 Å². The van der Waals surface area contributed by atoms with Gasteiger partial charge in [0.15, 0.2) is 11.6 Å². The molecular formula is C14H10Cl2F2N2S. The Morgan fingerprint density at radius 3 is 2.67 bits per heavy atom. The van der Waals surface area contributed by atoms with Crippen molar-refractivity contribution >= 4 is 45.6 Å². The van der Waals surface area contributed by atoms with E-state index in [1.54, 1.807) is 10.6 Å². The van der Waals surface area contributed by atoms with E-state index >= 15 is 0 Å². The molecule has 2 nitrogen and oxygen atoms in total. The maximum Gasteiger partial charge on any atom is 0.184 e. The highest BCUT2D eigenvalue weighted by Crippen LogP contribution is 2.33. The number of rotatable bonds is 3. The van der Waals surface area contributed by atoms with Crippen LogP contribution in [0, 0.1) is 11.6 Å². The molecule has 2 aromatic heterocycles. The number of alkyl halides is 1. The first-order valence-corrected chi connectivity index (χ1v) is 7.92. The summed E-state index contributed by atoms with van der Waals surface area (Å²) in [4.78, 5) is 5.21. The number of imidazole rings is 1. The third kappa shape index (κ3) is 2.43. The molecule has 1 atom stereocenters. The zero-order valence-corrected chi connectivity index (χ0v) is 13.2. The summed E-state index contributed by atoms with van der Waals surface area (Å²) in [6.45, 7) is 1.88. The van der Waals surface area contributed by atoms with Gasteiger partial charge in [0, 0.05) is 4.88 Å². The van der Waals surface area contributed by atoms with Gasteiger partial charge in [0.1, 0.15) is 11.3 Å². The lowest BCUT2D eigenvalue weighted by Crippen LogP contribution is -2.09. The number of hydrogen-bond donors (Lipinski definition) is 0. The summed E-state index contributed by atoms with van der Waals surface area (Å²) in [6.07, 6.45) is 0. The molecule has 0 bridgehead atoms. The van der Waals surface area contributed by atoms with Crippen LogP contribution in [0.1, 0.15) is 23.7 Å². The van der Waals surface area contributed by atoms with Crippen LogP contribution >= 0.6 is 34.5 Å². The molecule has 0 N–H and O–H groups in total. The summed E-state index contributed by atoms with van der Waals surface area (Å²) in [7, 11) is 0. The fourth-order valence-electron chi connectivity index (χ4n) is 2.36. The number of nitrogens with zero attached hydrogens (tertiary/aromatic N) is 2. The summed E-state index contributed by atoms with van der Waals surface area (Å²) >= 11 is 13.2. The van der Waals surface area contributed by atoms with Gasteiger partial charge in [-0.3, -0.25) is 0 Å². The van der Waals surface area contributed by atoms with Crippen LogP contribution in [-0.2, 0) is 5.88 Å². The molecule has 0 aliphatic heterocycles. The molecule has 0 aliphatic rings. The zero-order chi connectivity index (χ0) is 15.1. The zero-order valence-electron chi connectivity index (χ0n) is 10.9. The van der Waals surface area contributed by atoms with Crippen LogP contribution in [0.5, 0.6) is 0 Å². The molecule has 2 heterocycles. The molecular weight excluding hydrogens is 337 g/mol. The second-order valence-corrected chi connectivity index (χ2v) is 6.59. The number of fused-ring (bicyclic) bond motifs is 1. The number of aromatic nitrogens is 2. The Balaban J connectivity index is 2.27. The van der Waals surface area contributed by atoms with Gasteiger partial charge in [0.2, 0.25) is 0 Å². The highest BCUT2D eigenvalue weighted by molar-refractivity contribution is 7.16. The largest absolute Gasteiger partial charge is 0.316 e. The first kappa shape index (κ1) is 14.8. The normalized spacial score (nSPS) is 13.0. The molecule has 1 unspecified atom stereocenters. The van der Waals surface area contributed by atoms with E-state index in [2.05, 4.69) is 4.98 Å². The van der Waals surface area contributed by atoms with Gasteiger partial charge in [-0.05, 0) is 31.2 Å². The summed E-state index contributed by atoms with van der Waals surface area (Å²) in [5.41, 5.74) is 0.515. The van der Waals surface area contributed by atoms with Crippen molar-refractivity contribution in [3.63, 3.8) is 0 Å². The van der Waals surface area contributed by atoms with Crippen molar-refractivity contribution in [1.29, 1.82) is 0 Å². The second kappa shape index (κ2) is 5.55. The van der Waals surface area contributed by atoms with Crippen molar-refractivity contribution in [1.82, 2.24) is 9.55 Å². The van der Waals surface area contributed by atoms with Crippen LogP contribution in [0.4, 0.5) is 8.78 Å². The maximum atomic E-state index is 14.2. The minimum absolute atomic E-state index is 0.110. The Labute approximate surface area is 133 Å². The molecule has 0 radical (unpaired) electrons. The van der Waals surface area contributed by atoms with E-state index in [1.165, 1.54) is 17.4 Å². The monoisotopic (exact) mass is 346 g/mol. The molecule has 110 valence electrons. The summed E-state index contributed by atoms with van der Waals surface area (Å²) in [5.74, 6) is -1.21. The van der Waals surface area contributed by atoms with Crippen LogP contribution in [0.25, 0.3) is 11.0 Å². The minimum atomic E-state index is -0.911. The van der Waals surface area contributed by atoms with Crippen LogP contribution in [-0.4, -0.2) is 9.55 Å². The van der Waals surface area contributed by atoms with E-state index in [9.17, 15) is 8.78 Å². The summed E-state index contributed by atoms with van der Waals surface area (Å²) in [6, 6.07) is 5.92. The van der Waals surface area contributed by atoms with Crippen LogP contribution in [0.3, 0.4) is 0 Å². The predicted molar refractivity (Wildman–Crippen MR) is 82.3 cm³/mol. The minimum Gasteiger partial charge on any atom is -0.316 e. The quantitative estimate of drug-likeness (QED) is 0.582. The van der Waals surface area contributed by atoms with Gasteiger partial charge < -0.3 is 4.57 Å². The molecule has 7 heteroatoms. The highest BCUT2D eigenvalue weighted by Gasteiger charge is 2.22. The van der Waals surface area contributed by atoms with Gasteiger partial charge in [0.05, 0.1) is 21.8 Å². The average molecular weight is 347 g/mol. The second-order valence-electron chi connectivity index (χ2n) is 4.58. The topological polar surface area (TPSA) is 17.8 Å². The van der Waals surface area contributed by atoms with E-state index in [1.807, 2.05) is 13.0 Å². The SMILES string of the molecule is CC(c1ccc(Cl)s1)n1c(CCl)nc2ccc(F)c(F)c21. The first-order valence-electron chi connectivity index (χ1n) is 6.19. The van der Waals surface area contributed by atoms with Crippen molar-refractivity contribution in [2.24, 2.45) is 0 Å². The molecule has 21 heavy (non-hydrogen) atoms. The Morgan fingerprint density at radius 1 is 1.29 bits per heavy atom. The Morgan fingerprint density at radius 2 is 2.05 bits per heavy atom. The van der Waals surface area contributed by atoms with Gasteiger partial charge in [0.25, 0.3) is 0 Å². The van der Waals surface area contributed by atoms with E-state index < -0.39 is 11.6 Å². The maximum absolute atomic E-state index is 14.2. The van der Waals surface area contributed by atoms with E-state index in [0.717, 1.165) is 10.9 Å². The van der Waals surface area contributed by atoms with Crippen molar-refractivity contribution in [2.45, 2.75) is 18.8 Å². The van der Waals surface area contributed by atoms with Gasteiger partial charge in [-0.2, -0.15) is 0 Å². The third-order valence-electron chi connectivity index (χ3n) is 3.33. The third-order valence-corrected chi connectivity index (χ3v) is 4.97. The van der Waals surface area contributed by atoms with Crippen molar-refractivity contribution in [3.8, 4) is 0 Å². The molecule has 0 saturated heterocycles. The smallest absolute Gasteiger partial charge is 0.184 e. The highest BCUT2D eigenvalue weighted by atomic mass is 35.5. The van der Waals surface area contributed by atoms with Gasteiger partial charge >= 0.3 is 0 Å². The molecule has 0 spiro atoms. The summed E-state index contributed by atoms with van der Waals surface area (Å²) < 4.78 is 30.0. The predicted octanol–water partition coefficient (Wildman–Crippen LogP) is 5.38. The van der Waals surface area contributed by atoms with E-state index in [4.69, 9.17) is 23.2 Å². The fraction of sp³-hybridized carbons (Fsp3) is 0.214. The molecule has 3 rings (SSSR count). The number of thiophene rings is 1. The van der Waals surface area contributed by atoms with Gasteiger partial charge in [-0.1, -0.05) is 11.6 Å². The first-order chi connectivity index (χ1) is 10.0. The van der Waals surface area contributed by atoms with Gasteiger partial charge in [-0.25, -0.2) is 13.8 Å². The Hall–Kier alpha value is -1.17. The molecule has 1 aromatic carbocycles. The van der Waals surface area contributed by atoms with E-state index in [0.29, 0.717) is 15.7 Å². The van der Waals surface area contributed by atoms with Crippen molar-refractivity contribution in [3.05, 3.63) is 50.9 Å². The van der Waals surface area contributed by atoms with Crippen molar-refractivity contribution in [2.75, 3.05) is 0 Å². The lowest BCUT2D eigenvalue weighted by molar-refractivity contribution is 0.508. The van der Waals surface area contributed by atoms with Crippen LogP contribution < -0.4 is 0 Å². The number of benzene rings is 1. The lowest BCUT2D eigenvalue weighted by atomic mass is 10.2. The Kier molecular flexibility index (Phi) is 3.90. The standard InChI is InChI=1S/C14H10Cl2F2N2S/c1-7(10-4-5-11(16)21-10)20-12(6-15)19-9-3-2-8(17)13(18)14(9)20/h2-5,7H,6H2,1H3. The lowest BCUT2D eigenvalue weighted by Gasteiger charge is -2.16. The molecule has 0 aliphatic carbocycles. The Bertz CT molecular complexity index is 813. The van der Waals surface area contributed by atoms with Crippen LogP contribution in [0.15, 0.2) is 24.3 Å². The van der Waals surface area contributed by atoms with Gasteiger partial charge in [-0.15, -0.1) is 22.9 Å². The molecule has 0 fully saturated rings. The number of hydrogen-bond acceptors (Lipinski definition) is 2. The summed E-state index contributed by atoms with van der Waals surface area (Å²) in [5, 5.41) is 0. The molecule has 0 amide bonds.